The van der Waals surface area contributed by atoms with Crippen LogP contribution >= 0.6 is 23.2 Å². The number of hydrogen-bond acceptors (Lipinski definition) is 4. The van der Waals surface area contributed by atoms with Crippen molar-refractivity contribution in [1.82, 2.24) is 0 Å². The first-order valence-corrected chi connectivity index (χ1v) is 6.10. The van der Waals surface area contributed by atoms with E-state index in [1.807, 2.05) is 0 Å². The highest BCUT2D eigenvalue weighted by Crippen LogP contribution is 2.26. The summed E-state index contributed by atoms with van der Waals surface area (Å²) in [6, 6.07) is 2.60. The number of ether oxygens (including phenoxy) is 2. The molecule has 0 saturated heterocycles. The van der Waals surface area contributed by atoms with E-state index in [0.29, 0.717) is 0 Å². The topological polar surface area (TPSA) is 52.6 Å². The van der Waals surface area contributed by atoms with Crippen LogP contribution in [0.3, 0.4) is 0 Å². The van der Waals surface area contributed by atoms with Crippen molar-refractivity contribution < 1.29 is 19.1 Å². The molecule has 0 amide bonds. The van der Waals surface area contributed by atoms with Crippen LogP contribution in [0.25, 0.3) is 0 Å². The predicted molar refractivity (Wildman–Crippen MR) is 68.4 cm³/mol. The van der Waals surface area contributed by atoms with Crippen LogP contribution in [0.1, 0.15) is 34.6 Å². The average Bonchev–Trinajstić information content (AvgIpc) is 2.32. The summed E-state index contributed by atoms with van der Waals surface area (Å²) in [6.07, 6.45) is 0. The van der Waals surface area contributed by atoms with Crippen molar-refractivity contribution in [2.45, 2.75) is 13.8 Å². The lowest BCUT2D eigenvalue weighted by Crippen LogP contribution is -2.09. The first kappa shape index (κ1) is 14.8. The van der Waals surface area contributed by atoms with Gasteiger partial charge in [0.1, 0.15) is 0 Å². The molecule has 6 heteroatoms. The summed E-state index contributed by atoms with van der Waals surface area (Å²) >= 11 is 11.8. The van der Waals surface area contributed by atoms with Crippen molar-refractivity contribution in [1.29, 1.82) is 0 Å². The molecule has 0 radical (unpaired) electrons. The Morgan fingerprint density at radius 1 is 0.944 bits per heavy atom. The van der Waals surface area contributed by atoms with Gasteiger partial charge in [-0.2, -0.15) is 0 Å². The van der Waals surface area contributed by atoms with Crippen molar-refractivity contribution in [2.75, 3.05) is 13.2 Å². The summed E-state index contributed by atoms with van der Waals surface area (Å²) in [5.41, 5.74) is 0.244. The molecule has 0 N–H and O–H groups in total. The molecule has 1 aromatic carbocycles. The van der Waals surface area contributed by atoms with Gasteiger partial charge in [-0.3, -0.25) is 0 Å². The lowest BCUT2D eigenvalue weighted by molar-refractivity contribution is 0.0511. The molecule has 0 bridgehead atoms. The summed E-state index contributed by atoms with van der Waals surface area (Å²) in [5, 5.41) is 0.196. The van der Waals surface area contributed by atoms with Crippen LogP contribution in [0, 0.1) is 0 Å². The van der Waals surface area contributed by atoms with Crippen molar-refractivity contribution in [2.24, 2.45) is 0 Å². The van der Waals surface area contributed by atoms with E-state index >= 15 is 0 Å². The van der Waals surface area contributed by atoms with Crippen LogP contribution in [0.5, 0.6) is 0 Å². The molecule has 98 valence electrons. The van der Waals surface area contributed by atoms with E-state index in [0.717, 1.165) is 0 Å². The van der Waals surface area contributed by atoms with Gasteiger partial charge in [0.2, 0.25) is 0 Å². The van der Waals surface area contributed by atoms with Gasteiger partial charge in [-0.15, -0.1) is 0 Å². The second-order valence-corrected chi connectivity index (χ2v) is 4.07. The number of esters is 2. The normalized spacial score (nSPS) is 10.0. The largest absolute Gasteiger partial charge is 0.462 e. The van der Waals surface area contributed by atoms with Crippen LogP contribution < -0.4 is 0 Å². The molecule has 18 heavy (non-hydrogen) atoms. The monoisotopic (exact) mass is 290 g/mol. The van der Waals surface area contributed by atoms with Crippen molar-refractivity contribution in [3.05, 3.63) is 33.3 Å². The molecule has 0 aliphatic rings. The zero-order chi connectivity index (χ0) is 13.7. The highest BCUT2D eigenvalue weighted by atomic mass is 35.5. The Morgan fingerprint density at radius 3 is 1.56 bits per heavy atom. The third-order valence-electron chi connectivity index (χ3n) is 2.05. The Hall–Kier alpha value is -1.26. The molecule has 0 atom stereocenters. The molecule has 0 aliphatic heterocycles. The Bertz CT molecular complexity index is 428. The van der Waals surface area contributed by atoms with Crippen LogP contribution in [0.4, 0.5) is 0 Å². The summed E-state index contributed by atoms with van der Waals surface area (Å²) in [6.45, 7) is 3.82. The highest BCUT2D eigenvalue weighted by molar-refractivity contribution is 6.37. The Labute approximate surface area is 115 Å². The first-order valence-electron chi connectivity index (χ1n) is 5.34. The summed E-state index contributed by atoms with van der Waals surface area (Å²) in [7, 11) is 0. The molecule has 0 aromatic heterocycles. The summed E-state index contributed by atoms with van der Waals surface area (Å²) in [5.74, 6) is -1.17. The van der Waals surface area contributed by atoms with Crippen LogP contribution in [-0.2, 0) is 9.47 Å². The molecule has 1 rings (SSSR count). The molecule has 4 nitrogen and oxygen atoms in total. The van der Waals surface area contributed by atoms with Gasteiger partial charge in [-0.1, -0.05) is 23.2 Å². The smallest absolute Gasteiger partial charge is 0.339 e. The number of halogens is 2. The van der Waals surface area contributed by atoms with E-state index in [4.69, 9.17) is 32.7 Å². The summed E-state index contributed by atoms with van der Waals surface area (Å²) in [4.78, 5) is 23.1. The molecule has 0 unspecified atom stereocenters. The number of benzene rings is 1. The molecule has 0 saturated carbocycles. The number of hydrogen-bond donors (Lipinski definition) is 0. The molecule has 0 heterocycles. The van der Waals surface area contributed by atoms with Crippen molar-refractivity contribution >= 4 is 35.1 Å². The van der Waals surface area contributed by atoms with Gasteiger partial charge < -0.3 is 9.47 Å². The Morgan fingerprint density at radius 2 is 1.28 bits per heavy atom. The van der Waals surface area contributed by atoms with Gasteiger partial charge in [0.15, 0.2) is 0 Å². The minimum atomic E-state index is -0.584. The average molecular weight is 291 g/mol. The van der Waals surface area contributed by atoms with Gasteiger partial charge in [0.25, 0.3) is 0 Å². The van der Waals surface area contributed by atoms with Gasteiger partial charge in [0.05, 0.1) is 34.4 Å². The fourth-order valence-electron chi connectivity index (χ4n) is 1.28. The molecule has 1 aromatic rings. The van der Waals surface area contributed by atoms with Gasteiger partial charge in [-0.05, 0) is 26.0 Å². The molecule has 0 fully saturated rings. The lowest BCUT2D eigenvalue weighted by atomic mass is 10.1. The van der Waals surface area contributed by atoms with Crippen molar-refractivity contribution in [3.63, 3.8) is 0 Å². The quantitative estimate of drug-likeness (QED) is 0.798. The second-order valence-electron chi connectivity index (χ2n) is 3.25. The van der Waals surface area contributed by atoms with E-state index in [9.17, 15) is 9.59 Å². The van der Waals surface area contributed by atoms with Crippen molar-refractivity contribution in [3.8, 4) is 0 Å². The minimum absolute atomic E-state index is 0.0981. The first-order chi connectivity index (χ1) is 8.51. The van der Waals surface area contributed by atoms with E-state index < -0.39 is 11.9 Å². The zero-order valence-corrected chi connectivity index (χ0v) is 11.5. The van der Waals surface area contributed by atoms with Gasteiger partial charge >= 0.3 is 11.9 Å². The van der Waals surface area contributed by atoms with Crippen LogP contribution in [-0.4, -0.2) is 25.2 Å². The Kier molecular flexibility index (Phi) is 5.44. The third-order valence-corrected chi connectivity index (χ3v) is 2.67. The highest BCUT2D eigenvalue weighted by Gasteiger charge is 2.19. The number of rotatable bonds is 4. The number of carbonyl (C=O) groups is 2. The molecule has 0 spiro atoms. The fraction of sp³-hybridized carbons (Fsp3) is 0.333. The maximum atomic E-state index is 11.5. The Balaban J connectivity index is 3.11. The van der Waals surface area contributed by atoms with E-state index in [1.165, 1.54) is 12.1 Å². The maximum Gasteiger partial charge on any atom is 0.339 e. The second kappa shape index (κ2) is 6.61. The maximum absolute atomic E-state index is 11.5. The fourth-order valence-corrected chi connectivity index (χ4v) is 1.76. The van der Waals surface area contributed by atoms with E-state index in [-0.39, 0.29) is 34.4 Å². The standard InChI is InChI=1S/C12H12Cl2O4/c1-3-17-11(15)7-5-10(14)8(6-9(7)13)12(16)18-4-2/h5-6H,3-4H2,1-2H3. The molecular weight excluding hydrogens is 279 g/mol. The zero-order valence-electron chi connectivity index (χ0n) is 9.96. The van der Waals surface area contributed by atoms with Gasteiger partial charge in [-0.25, -0.2) is 9.59 Å². The van der Waals surface area contributed by atoms with E-state index in [1.54, 1.807) is 13.8 Å². The lowest BCUT2D eigenvalue weighted by Gasteiger charge is -2.08. The van der Waals surface area contributed by atoms with Crippen LogP contribution in [0.2, 0.25) is 10.0 Å². The van der Waals surface area contributed by atoms with Crippen LogP contribution in [0.15, 0.2) is 12.1 Å². The van der Waals surface area contributed by atoms with Gasteiger partial charge in [0, 0.05) is 0 Å². The number of carbonyl (C=O) groups excluding carboxylic acids is 2. The molecular formula is C12H12Cl2O4. The molecule has 0 aliphatic carbocycles. The third kappa shape index (κ3) is 3.37. The summed E-state index contributed by atoms with van der Waals surface area (Å²) < 4.78 is 9.63. The predicted octanol–water partition coefficient (Wildman–Crippen LogP) is 3.35. The minimum Gasteiger partial charge on any atom is -0.462 e. The SMILES string of the molecule is CCOC(=O)c1cc(Cl)c(C(=O)OCC)cc1Cl. The van der Waals surface area contributed by atoms with E-state index in [2.05, 4.69) is 0 Å².